The molecule has 1 heterocycles. The van der Waals surface area contributed by atoms with Crippen molar-refractivity contribution < 1.29 is 19.4 Å². The molecule has 84 valence electrons. The van der Waals surface area contributed by atoms with E-state index in [-0.39, 0.29) is 5.76 Å². The molecular weight excluding hydrogens is 196 g/mol. The van der Waals surface area contributed by atoms with Crippen LogP contribution in [0.3, 0.4) is 0 Å². The van der Waals surface area contributed by atoms with Gasteiger partial charge in [-0.3, -0.25) is 0 Å². The predicted octanol–water partition coefficient (Wildman–Crippen LogP) is 1.73. The summed E-state index contributed by atoms with van der Waals surface area (Å²) in [5, 5.41) is 9.64. The van der Waals surface area contributed by atoms with E-state index in [9.17, 15) is 9.90 Å². The van der Waals surface area contributed by atoms with E-state index >= 15 is 0 Å². The molecule has 0 bridgehead atoms. The summed E-state index contributed by atoms with van der Waals surface area (Å²) in [4.78, 5) is 10.9. The van der Waals surface area contributed by atoms with Gasteiger partial charge in [0.15, 0.2) is 0 Å². The molecule has 0 aliphatic carbocycles. The lowest BCUT2D eigenvalue weighted by Crippen LogP contribution is -2.27. The molecule has 4 heteroatoms. The molecule has 0 saturated carbocycles. The maximum atomic E-state index is 10.9. The lowest BCUT2D eigenvalue weighted by atomic mass is 9.98. The Bertz CT molecular complexity index is 313. The minimum Gasteiger partial charge on any atom is -0.507 e. The fraction of sp³-hybridized carbons (Fsp3) is 0.545. The molecule has 15 heavy (non-hydrogen) atoms. The fourth-order valence-electron chi connectivity index (χ4n) is 1.42. The standard InChI is InChI=1S/C11H16O4/c1-11(2)7-8(4-5-15-11)9(12)6-10(13)14-3/h6-7,12H,4-5H2,1-3H3/b9-6-. The maximum Gasteiger partial charge on any atom is 0.334 e. The van der Waals surface area contributed by atoms with Crippen LogP contribution < -0.4 is 0 Å². The van der Waals surface area contributed by atoms with Crippen LogP contribution in [-0.4, -0.2) is 30.4 Å². The molecule has 0 saturated heterocycles. The Morgan fingerprint density at radius 2 is 2.33 bits per heavy atom. The summed E-state index contributed by atoms with van der Waals surface area (Å²) in [6.07, 6.45) is 3.49. The smallest absolute Gasteiger partial charge is 0.334 e. The molecule has 1 rings (SSSR count). The Hall–Kier alpha value is -1.29. The van der Waals surface area contributed by atoms with Gasteiger partial charge in [0, 0.05) is 0 Å². The third kappa shape index (κ3) is 3.40. The van der Waals surface area contributed by atoms with E-state index < -0.39 is 11.6 Å². The van der Waals surface area contributed by atoms with Gasteiger partial charge in [0.25, 0.3) is 0 Å². The maximum absolute atomic E-state index is 10.9. The highest BCUT2D eigenvalue weighted by Crippen LogP contribution is 2.25. The lowest BCUT2D eigenvalue weighted by Gasteiger charge is -2.27. The van der Waals surface area contributed by atoms with Crippen molar-refractivity contribution in [2.24, 2.45) is 0 Å². The molecule has 0 aromatic carbocycles. The third-order valence-electron chi connectivity index (χ3n) is 2.15. The second kappa shape index (κ2) is 4.49. The minimum atomic E-state index is -0.558. The van der Waals surface area contributed by atoms with Gasteiger partial charge >= 0.3 is 5.97 Å². The summed E-state index contributed by atoms with van der Waals surface area (Å²) in [7, 11) is 1.27. The highest BCUT2D eigenvalue weighted by molar-refractivity contribution is 5.83. The number of methoxy groups -OCH3 is 1. The van der Waals surface area contributed by atoms with Crippen LogP contribution in [0.4, 0.5) is 0 Å². The number of allylic oxidation sites excluding steroid dienone is 1. The third-order valence-corrected chi connectivity index (χ3v) is 2.15. The second-order valence-electron chi connectivity index (χ2n) is 3.92. The number of carbonyl (C=O) groups excluding carboxylic acids is 1. The van der Waals surface area contributed by atoms with Crippen molar-refractivity contribution in [1.29, 1.82) is 0 Å². The fourth-order valence-corrected chi connectivity index (χ4v) is 1.42. The SMILES string of the molecule is COC(=O)/C=C(\O)C1=CC(C)(C)OCC1. The van der Waals surface area contributed by atoms with Crippen molar-refractivity contribution in [3.63, 3.8) is 0 Å². The van der Waals surface area contributed by atoms with Crippen molar-refractivity contribution >= 4 is 5.97 Å². The Kier molecular flexibility index (Phi) is 3.52. The molecule has 0 aromatic rings. The van der Waals surface area contributed by atoms with Gasteiger partial charge in [-0.25, -0.2) is 4.79 Å². The molecule has 0 aromatic heterocycles. The Morgan fingerprint density at radius 1 is 1.67 bits per heavy atom. The second-order valence-corrected chi connectivity index (χ2v) is 3.92. The molecule has 0 spiro atoms. The van der Waals surface area contributed by atoms with E-state index in [4.69, 9.17) is 4.74 Å². The van der Waals surface area contributed by atoms with E-state index in [1.807, 2.05) is 19.9 Å². The van der Waals surface area contributed by atoms with Gasteiger partial charge in [-0.05, 0) is 31.9 Å². The average Bonchev–Trinajstić information content (AvgIpc) is 2.16. The number of hydrogen-bond donors (Lipinski definition) is 1. The van der Waals surface area contributed by atoms with Gasteiger partial charge in [0.1, 0.15) is 5.76 Å². The summed E-state index contributed by atoms with van der Waals surface area (Å²) in [6.45, 7) is 4.34. The van der Waals surface area contributed by atoms with Crippen molar-refractivity contribution in [2.45, 2.75) is 25.9 Å². The number of rotatable bonds is 2. The van der Waals surface area contributed by atoms with Crippen molar-refractivity contribution in [3.8, 4) is 0 Å². The Morgan fingerprint density at radius 3 is 2.87 bits per heavy atom. The van der Waals surface area contributed by atoms with E-state index in [0.29, 0.717) is 13.0 Å². The van der Waals surface area contributed by atoms with Crippen LogP contribution >= 0.6 is 0 Å². The topological polar surface area (TPSA) is 55.8 Å². The first-order valence-corrected chi connectivity index (χ1v) is 4.79. The van der Waals surface area contributed by atoms with Gasteiger partial charge in [-0.2, -0.15) is 0 Å². The number of ether oxygens (including phenoxy) is 2. The molecular formula is C11H16O4. The van der Waals surface area contributed by atoms with Gasteiger partial charge in [-0.15, -0.1) is 0 Å². The highest BCUT2D eigenvalue weighted by Gasteiger charge is 2.22. The monoisotopic (exact) mass is 212 g/mol. The van der Waals surface area contributed by atoms with Crippen LogP contribution in [0.5, 0.6) is 0 Å². The first-order valence-electron chi connectivity index (χ1n) is 4.79. The van der Waals surface area contributed by atoms with E-state index in [0.717, 1.165) is 11.6 Å². The number of esters is 1. The summed E-state index contributed by atoms with van der Waals surface area (Å²) < 4.78 is 9.88. The van der Waals surface area contributed by atoms with E-state index in [2.05, 4.69) is 4.74 Å². The van der Waals surface area contributed by atoms with Crippen molar-refractivity contribution in [2.75, 3.05) is 13.7 Å². The van der Waals surface area contributed by atoms with Crippen molar-refractivity contribution in [1.82, 2.24) is 0 Å². The normalized spacial score (nSPS) is 20.7. The lowest BCUT2D eigenvalue weighted by molar-refractivity contribution is -0.135. The molecule has 1 aliphatic rings. The predicted molar refractivity (Wildman–Crippen MR) is 55.5 cm³/mol. The van der Waals surface area contributed by atoms with Crippen molar-refractivity contribution in [3.05, 3.63) is 23.5 Å². The molecule has 4 nitrogen and oxygen atoms in total. The van der Waals surface area contributed by atoms with Crippen LogP contribution in [0.1, 0.15) is 20.3 Å². The molecule has 1 N–H and O–H groups in total. The van der Waals surface area contributed by atoms with Crippen LogP contribution in [0.25, 0.3) is 0 Å². The number of aliphatic hydroxyl groups is 1. The van der Waals surface area contributed by atoms with Crippen LogP contribution in [0, 0.1) is 0 Å². The summed E-state index contributed by atoms with van der Waals surface area (Å²) in [6, 6.07) is 0. The van der Waals surface area contributed by atoms with E-state index in [1.54, 1.807) is 0 Å². The number of carbonyl (C=O) groups is 1. The molecule has 0 unspecified atom stereocenters. The largest absolute Gasteiger partial charge is 0.507 e. The summed E-state index contributed by atoms with van der Waals surface area (Å²) in [5.74, 6) is -0.601. The minimum absolute atomic E-state index is 0.0433. The zero-order valence-corrected chi connectivity index (χ0v) is 9.24. The Balaban J connectivity index is 2.84. The van der Waals surface area contributed by atoms with Crippen LogP contribution in [-0.2, 0) is 14.3 Å². The summed E-state index contributed by atoms with van der Waals surface area (Å²) in [5.41, 5.74) is 0.322. The molecule has 0 amide bonds. The summed E-state index contributed by atoms with van der Waals surface area (Å²) >= 11 is 0. The Labute approximate surface area is 89.2 Å². The average molecular weight is 212 g/mol. The quantitative estimate of drug-likeness (QED) is 0.430. The zero-order chi connectivity index (χ0) is 11.5. The van der Waals surface area contributed by atoms with Gasteiger partial charge < -0.3 is 14.6 Å². The molecule has 0 radical (unpaired) electrons. The van der Waals surface area contributed by atoms with Crippen LogP contribution in [0.2, 0.25) is 0 Å². The molecule has 0 atom stereocenters. The van der Waals surface area contributed by atoms with Gasteiger partial charge in [-0.1, -0.05) is 0 Å². The van der Waals surface area contributed by atoms with E-state index in [1.165, 1.54) is 7.11 Å². The molecule has 0 fully saturated rings. The zero-order valence-electron chi connectivity index (χ0n) is 9.24. The first kappa shape index (κ1) is 11.8. The highest BCUT2D eigenvalue weighted by atomic mass is 16.5. The first-order chi connectivity index (χ1) is 6.94. The van der Waals surface area contributed by atoms with Crippen LogP contribution in [0.15, 0.2) is 23.5 Å². The van der Waals surface area contributed by atoms with Gasteiger partial charge in [0.05, 0.1) is 25.4 Å². The number of hydrogen-bond acceptors (Lipinski definition) is 4. The number of aliphatic hydroxyl groups excluding tert-OH is 1. The molecule has 1 aliphatic heterocycles. The van der Waals surface area contributed by atoms with Gasteiger partial charge in [0.2, 0.25) is 0 Å².